The number of carboxylic acid groups (broad SMARTS) is 1. The minimum atomic E-state index is -4.39. The second-order valence-corrected chi connectivity index (χ2v) is 10.4. The van der Waals surface area contributed by atoms with Crippen molar-refractivity contribution in [2.24, 2.45) is 0 Å². The molecule has 10 heteroatoms. The maximum atomic E-state index is 12.9. The molecule has 31 heavy (non-hydrogen) atoms. The molecule has 0 spiro atoms. The summed E-state index contributed by atoms with van der Waals surface area (Å²) in [6, 6.07) is 9.83. The minimum absolute atomic E-state index is 0.237. The molecule has 0 bridgehead atoms. The molecule has 0 aliphatic heterocycles. The molecule has 0 saturated carbocycles. The van der Waals surface area contributed by atoms with Gasteiger partial charge in [-0.05, 0) is 0 Å². The zero-order valence-corrected chi connectivity index (χ0v) is 19.1. The molecular formula is C21H18F3NO4SSe. The quantitative estimate of drug-likeness (QED) is 0.477. The summed E-state index contributed by atoms with van der Waals surface area (Å²) in [6.45, 7) is 3.09. The number of ether oxygens (including phenoxy) is 1. The molecule has 1 atom stereocenters. The van der Waals surface area contributed by atoms with Crippen LogP contribution in [0, 0.1) is 13.8 Å². The van der Waals surface area contributed by atoms with E-state index >= 15 is 0 Å². The first-order valence-corrected chi connectivity index (χ1v) is 12.1. The number of benzene rings is 2. The number of nitrogens with zero attached hydrogens (tertiary/aromatic N) is 1. The normalized spacial score (nSPS) is 12.5. The topological polar surface area (TPSA) is 76.5 Å². The summed E-state index contributed by atoms with van der Waals surface area (Å²) in [5, 5.41) is 8.71. The number of aryl methyl sites for hydroxylation is 2. The van der Waals surface area contributed by atoms with Gasteiger partial charge in [-0.15, -0.1) is 0 Å². The zero-order valence-electron chi connectivity index (χ0n) is 16.5. The molecule has 3 aromatic rings. The second-order valence-electron chi connectivity index (χ2n) is 6.70. The van der Waals surface area contributed by atoms with Gasteiger partial charge in [0, 0.05) is 0 Å². The number of aliphatic carboxylic acids is 1. The van der Waals surface area contributed by atoms with E-state index < -0.39 is 35.1 Å². The van der Waals surface area contributed by atoms with Gasteiger partial charge < -0.3 is 0 Å². The van der Waals surface area contributed by atoms with Crippen molar-refractivity contribution < 1.29 is 32.0 Å². The van der Waals surface area contributed by atoms with E-state index in [1.165, 1.54) is 12.1 Å². The summed E-state index contributed by atoms with van der Waals surface area (Å²) < 4.78 is 57.9. The van der Waals surface area contributed by atoms with Crippen LogP contribution in [0.2, 0.25) is 0 Å². The first-order valence-electron chi connectivity index (χ1n) is 9.02. The van der Waals surface area contributed by atoms with Gasteiger partial charge in [0.15, 0.2) is 0 Å². The van der Waals surface area contributed by atoms with E-state index in [-0.39, 0.29) is 20.3 Å². The summed E-state index contributed by atoms with van der Waals surface area (Å²) in [5.74, 6) is -0.396. The van der Waals surface area contributed by atoms with Crippen molar-refractivity contribution >= 4 is 31.3 Å². The Morgan fingerprint density at radius 1 is 1.16 bits per heavy atom. The molecule has 0 saturated heterocycles. The van der Waals surface area contributed by atoms with Crippen molar-refractivity contribution in [3.63, 3.8) is 0 Å². The van der Waals surface area contributed by atoms with Gasteiger partial charge in [0.1, 0.15) is 0 Å². The van der Waals surface area contributed by atoms with E-state index in [0.29, 0.717) is 26.3 Å². The van der Waals surface area contributed by atoms with Crippen LogP contribution in [-0.2, 0) is 27.5 Å². The SMILES string of the molecule is Cc1cc(S(=O)Cc2[se]c(-c3ccc(C(F)(F)F)cc3)nc2C)ccc1OCC(=O)O. The maximum absolute atomic E-state index is 12.9. The molecule has 1 aromatic heterocycles. The van der Waals surface area contributed by atoms with Gasteiger partial charge in [0.25, 0.3) is 0 Å². The standard InChI is InChI=1S/C21H18F3NO4SSe/c1-12-9-16(7-8-17(12)29-10-19(26)27)30(28)11-18-13(2)25-20(31-18)14-3-5-15(6-4-14)21(22,23)24/h3-9H,10-11H2,1-2H3,(H,26,27). The number of halogens is 3. The molecule has 0 fully saturated rings. The van der Waals surface area contributed by atoms with Crippen LogP contribution < -0.4 is 4.74 Å². The number of aromatic nitrogens is 1. The van der Waals surface area contributed by atoms with Crippen molar-refractivity contribution in [2.75, 3.05) is 6.61 Å². The average Bonchev–Trinajstić information content (AvgIpc) is 3.06. The Balaban J connectivity index is 1.75. The van der Waals surface area contributed by atoms with Gasteiger partial charge in [-0.2, -0.15) is 0 Å². The average molecular weight is 516 g/mol. The zero-order chi connectivity index (χ0) is 22.8. The van der Waals surface area contributed by atoms with Crippen LogP contribution in [0.25, 0.3) is 10.1 Å². The van der Waals surface area contributed by atoms with Gasteiger partial charge >= 0.3 is 185 Å². The Hall–Kier alpha value is -2.42. The number of hydrogen-bond donors (Lipinski definition) is 1. The predicted octanol–water partition coefficient (Wildman–Crippen LogP) is 4.21. The monoisotopic (exact) mass is 517 g/mol. The van der Waals surface area contributed by atoms with E-state index in [0.717, 1.165) is 22.3 Å². The fourth-order valence-corrected chi connectivity index (χ4v) is 6.81. The molecule has 5 nitrogen and oxygen atoms in total. The number of hydrogen-bond acceptors (Lipinski definition) is 4. The third-order valence-corrected chi connectivity index (χ3v) is 8.65. The molecule has 0 aliphatic carbocycles. The van der Waals surface area contributed by atoms with Crippen molar-refractivity contribution in [3.8, 4) is 15.9 Å². The van der Waals surface area contributed by atoms with Crippen LogP contribution in [0.4, 0.5) is 13.2 Å². The Bertz CT molecular complexity index is 1130. The molecular weight excluding hydrogens is 498 g/mol. The van der Waals surface area contributed by atoms with E-state index in [1.807, 2.05) is 0 Å². The van der Waals surface area contributed by atoms with Crippen LogP contribution in [0.5, 0.6) is 5.75 Å². The number of carbonyl (C=O) groups is 1. The molecule has 2 aromatic carbocycles. The van der Waals surface area contributed by atoms with Crippen LogP contribution in [0.1, 0.15) is 21.3 Å². The number of carboxylic acids is 1. The van der Waals surface area contributed by atoms with Crippen LogP contribution in [0.3, 0.4) is 0 Å². The fourth-order valence-electron chi connectivity index (χ4n) is 2.75. The van der Waals surface area contributed by atoms with E-state index in [4.69, 9.17) is 9.84 Å². The van der Waals surface area contributed by atoms with Gasteiger partial charge in [0.05, 0.1) is 0 Å². The molecule has 1 N–H and O–H groups in total. The van der Waals surface area contributed by atoms with Gasteiger partial charge in [-0.1, -0.05) is 0 Å². The first kappa shape index (κ1) is 23.2. The third kappa shape index (κ3) is 5.84. The molecule has 1 unspecified atom stereocenters. The Morgan fingerprint density at radius 3 is 2.42 bits per heavy atom. The molecule has 0 aliphatic rings. The van der Waals surface area contributed by atoms with E-state index in [9.17, 15) is 22.2 Å². The van der Waals surface area contributed by atoms with Crippen molar-refractivity contribution in [2.45, 2.75) is 30.7 Å². The molecule has 0 amide bonds. The summed E-state index contributed by atoms with van der Waals surface area (Å²) in [7, 11) is -1.35. The summed E-state index contributed by atoms with van der Waals surface area (Å²) in [6.07, 6.45) is -4.39. The number of alkyl halides is 3. The number of rotatable bonds is 7. The van der Waals surface area contributed by atoms with Crippen LogP contribution >= 0.6 is 0 Å². The van der Waals surface area contributed by atoms with Crippen LogP contribution in [-0.4, -0.2) is 41.4 Å². The summed E-state index contributed by atoms with van der Waals surface area (Å²) in [5.41, 5.74) is 1.33. The van der Waals surface area contributed by atoms with Crippen molar-refractivity contribution in [3.05, 3.63) is 63.7 Å². The predicted molar refractivity (Wildman–Crippen MR) is 111 cm³/mol. The van der Waals surface area contributed by atoms with Crippen molar-refractivity contribution in [1.29, 1.82) is 0 Å². The molecule has 3 rings (SSSR count). The van der Waals surface area contributed by atoms with Gasteiger partial charge in [-0.3, -0.25) is 0 Å². The Labute approximate surface area is 185 Å². The fraction of sp³-hybridized carbons (Fsp3) is 0.238. The van der Waals surface area contributed by atoms with E-state index in [2.05, 4.69) is 4.98 Å². The molecule has 164 valence electrons. The van der Waals surface area contributed by atoms with Gasteiger partial charge in [-0.25, -0.2) is 0 Å². The Morgan fingerprint density at radius 2 is 1.84 bits per heavy atom. The Kier molecular flexibility index (Phi) is 7.03. The van der Waals surface area contributed by atoms with E-state index in [1.54, 1.807) is 32.0 Å². The third-order valence-electron chi connectivity index (χ3n) is 4.37. The first-order chi connectivity index (χ1) is 14.5. The summed E-state index contributed by atoms with van der Waals surface area (Å²) in [4.78, 5) is 15.7. The molecule has 0 radical (unpaired) electrons. The second kappa shape index (κ2) is 9.38. The van der Waals surface area contributed by atoms with Crippen LogP contribution in [0.15, 0.2) is 47.4 Å². The van der Waals surface area contributed by atoms with Crippen molar-refractivity contribution in [1.82, 2.24) is 4.98 Å². The summed E-state index contributed by atoms with van der Waals surface area (Å²) >= 11 is -0.237. The van der Waals surface area contributed by atoms with Gasteiger partial charge in [0.2, 0.25) is 0 Å². The molecule has 1 heterocycles.